The van der Waals surface area contributed by atoms with Gasteiger partial charge in [-0.05, 0) is 86.9 Å². The van der Waals surface area contributed by atoms with E-state index in [0.717, 1.165) is 25.9 Å². The molecule has 1 unspecified atom stereocenters. The van der Waals surface area contributed by atoms with Gasteiger partial charge in [0, 0.05) is 5.41 Å². The van der Waals surface area contributed by atoms with Gasteiger partial charge in [0.15, 0.2) is 6.29 Å². The molecule has 0 aromatic heterocycles. The largest absolute Gasteiger partial charge is 0.390 e. The predicted octanol–water partition coefficient (Wildman–Crippen LogP) is 3.48. The fourth-order valence-electron chi connectivity index (χ4n) is 8.52. The highest BCUT2D eigenvalue weighted by atomic mass is 16.6. The highest BCUT2D eigenvalue weighted by Crippen LogP contribution is 2.74. The Kier molecular flexibility index (Phi) is 2.86. The molecule has 0 aromatic carbocycles. The Bertz CT molecular complexity index is 531. The maximum absolute atomic E-state index is 11.0. The molecular weight excluding hydrogens is 288 g/mol. The molecule has 8 atom stereocenters. The van der Waals surface area contributed by atoms with Crippen molar-refractivity contribution in [1.29, 1.82) is 0 Å². The minimum Gasteiger partial charge on any atom is -0.390 e. The van der Waals surface area contributed by atoms with Crippen LogP contribution in [0.5, 0.6) is 0 Å². The smallest absolute Gasteiger partial charge is 0.160 e. The van der Waals surface area contributed by atoms with Crippen LogP contribution in [-0.4, -0.2) is 28.7 Å². The van der Waals surface area contributed by atoms with Gasteiger partial charge in [0.1, 0.15) is 0 Å². The molecule has 2 N–H and O–H groups in total. The van der Waals surface area contributed by atoms with Gasteiger partial charge in [-0.25, -0.2) is 0 Å². The lowest BCUT2D eigenvalue weighted by Gasteiger charge is -2.68. The predicted molar refractivity (Wildman–Crippen MR) is 87.6 cm³/mol. The van der Waals surface area contributed by atoms with Gasteiger partial charge in [0.25, 0.3) is 0 Å². The molecule has 130 valence electrons. The van der Waals surface area contributed by atoms with E-state index in [4.69, 9.17) is 4.74 Å². The van der Waals surface area contributed by atoms with Crippen molar-refractivity contribution < 1.29 is 14.9 Å². The first-order chi connectivity index (χ1) is 10.8. The summed E-state index contributed by atoms with van der Waals surface area (Å²) in [6.45, 7) is 5.21. The molecule has 1 spiro atoms. The third-order valence-corrected chi connectivity index (χ3v) is 9.24. The zero-order valence-corrected chi connectivity index (χ0v) is 14.7. The van der Waals surface area contributed by atoms with Gasteiger partial charge in [-0.2, -0.15) is 0 Å². The summed E-state index contributed by atoms with van der Waals surface area (Å²) >= 11 is 0. The average molecular weight is 320 g/mol. The van der Waals surface area contributed by atoms with Gasteiger partial charge >= 0.3 is 0 Å². The summed E-state index contributed by atoms with van der Waals surface area (Å²) in [5.41, 5.74) is 0.00543. The highest BCUT2D eigenvalue weighted by Gasteiger charge is 2.71. The van der Waals surface area contributed by atoms with E-state index in [1.54, 1.807) is 0 Å². The molecule has 4 aliphatic carbocycles. The van der Waals surface area contributed by atoms with Gasteiger partial charge in [0.2, 0.25) is 0 Å². The third kappa shape index (κ3) is 1.67. The molecule has 5 aliphatic rings. The molecular formula is C20H32O3. The summed E-state index contributed by atoms with van der Waals surface area (Å²) in [4.78, 5) is 0. The number of hydrogen-bond donors (Lipinski definition) is 2. The second-order valence-electron chi connectivity index (χ2n) is 10.3. The normalized spacial score (nSPS) is 64.2. The lowest BCUT2D eigenvalue weighted by atomic mass is 9.39. The zero-order valence-electron chi connectivity index (χ0n) is 14.7. The average Bonchev–Trinajstić information content (AvgIpc) is 2.68. The summed E-state index contributed by atoms with van der Waals surface area (Å²) in [6.07, 6.45) is 10.0. The van der Waals surface area contributed by atoms with E-state index in [9.17, 15) is 10.2 Å². The van der Waals surface area contributed by atoms with Gasteiger partial charge in [-0.15, -0.1) is 0 Å². The van der Waals surface area contributed by atoms with E-state index in [0.29, 0.717) is 17.8 Å². The molecule has 3 nitrogen and oxygen atoms in total. The lowest BCUT2D eigenvalue weighted by Crippen LogP contribution is -2.66. The van der Waals surface area contributed by atoms with Gasteiger partial charge < -0.3 is 14.9 Å². The van der Waals surface area contributed by atoms with Gasteiger partial charge in [0.05, 0.1) is 12.2 Å². The zero-order chi connectivity index (χ0) is 16.1. The van der Waals surface area contributed by atoms with Crippen molar-refractivity contribution in [3.05, 3.63) is 0 Å². The molecule has 5 fully saturated rings. The first kappa shape index (κ1) is 15.2. The van der Waals surface area contributed by atoms with Crippen LogP contribution in [0.15, 0.2) is 0 Å². The Balaban J connectivity index is 1.62. The molecule has 4 bridgehead atoms. The Morgan fingerprint density at radius 1 is 1.00 bits per heavy atom. The number of rotatable bonds is 0. The van der Waals surface area contributed by atoms with Crippen molar-refractivity contribution >= 4 is 0 Å². The summed E-state index contributed by atoms with van der Waals surface area (Å²) in [6, 6.07) is 0. The standard InChI is InChI=1S/C20H32O3/c1-17-7-3-8-20(16(21)23-12-17)14(17)6-9-19-10-13(4-5-15(19)20)18(2,22)11-19/h13-16,21-22H,3-12H2,1-2H3/t13-,14-,15-,16?,17-,18-,19+,20+/m1/s1. The quantitative estimate of drug-likeness (QED) is 0.718. The maximum atomic E-state index is 11.0. The second kappa shape index (κ2) is 4.34. The first-order valence-corrected chi connectivity index (χ1v) is 9.85. The van der Waals surface area contributed by atoms with Crippen LogP contribution in [-0.2, 0) is 4.74 Å². The van der Waals surface area contributed by atoms with Crippen molar-refractivity contribution in [2.24, 2.45) is 34.0 Å². The van der Waals surface area contributed by atoms with Gasteiger partial charge in [-0.1, -0.05) is 13.3 Å². The number of aliphatic hydroxyl groups is 2. The Morgan fingerprint density at radius 3 is 2.65 bits per heavy atom. The maximum Gasteiger partial charge on any atom is 0.160 e. The van der Waals surface area contributed by atoms with Crippen molar-refractivity contribution in [2.75, 3.05) is 6.61 Å². The monoisotopic (exact) mass is 320 g/mol. The fraction of sp³-hybridized carbons (Fsp3) is 1.00. The second-order valence-corrected chi connectivity index (χ2v) is 10.3. The molecule has 0 aromatic rings. The van der Waals surface area contributed by atoms with Crippen LogP contribution >= 0.6 is 0 Å². The number of fused-ring (bicyclic) bond motifs is 1. The van der Waals surface area contributed by atoms with Gasteiger partial charge in [-0.3, -0.25) is 0 Å². The van der Waals surface area contributed by atoms with Crippen LogP contribution in [0.1, 0.15) is 71.6 Å². The van der Waals surface area contributed by atoms with Crippen LogP contribution in [0.2, 0.25) is 0 Å². The number of aliphatic hydroxyl groups excluding tert-OH is 1. The molecule has 0 amide bonds. The summed E-state index contributed by atoms with van der Waals surface area (Å²) < 4.78 is 6.01. The highest BCUT2D eigenvalue weighted by molar-refractivity contribution is 5.18. The van der Waals surface area contributed by atoms with Crippen LogP contribution < -0.4 is 0 Å². The molecule has 4 saturated carbocycles. The lowest BCUT2D eigenvalue weighted by molar-refractivity contribution is -0.330. The molecule has 1 heterocycles. The van der Waals surface area contributed by atoms with E-state index >= 15 is 0 Å². The third-order valence-electron chi connectivity index (χ3n) is 9.24. The topological polar surface area (TPSA) is 49.7 Å². The van der Waals surface area contributed by atoms with Crippen LogP contribution in [0.25, 0.3) is 0 Å². The van der Waals surface area contributed by atoms with Crippen LogP contribution in [0.4, 0.5) is 0 Å². The summed E-state index contributed by atoms with van der Waals surface area (Å²) in [5, 5.41) is 22.0. The van der Waals surface area contributed by atoms with Crippen molar-refractivity contribution in [2.45, 2.75) is 83.5 Å². The molecule has 0 radical (unpaired) electrons. The molecule has 1 saturated heterocycles. The minimum absolute atomic E-state index is 0.0328. The Labute approximate surface area is 139 Å². The fourth-order valence-corrected chi connectivity index (χ4v) is 8.52. The van der Waals surface area contributed by atoms with E-state index in [1.807, 2.05) is 0 Å². The Hall–Kier alpha value is -0.120. The molecule has 5 rings (SSSR count). The summed E-state index contributed by atoms with van der Waals surface area (Å²) in [7, 11) is 0. The number of ether oxygens (including phenoxy) is 1. The van der Waals surface area contributed by atoms with E-state index in [-0.39, 0.29) is 16.2 Å². The van der Waals surface area contributed by atoms with Crippen LogP contribution in [0, 0.1) is 34.0 Å². The van der Waals surface area contributed by atoms with Crippen molar-refractivity contribution in [3.8, 4) is 0 Å². The summed E-state index contributed by atoms with van der Waals surface area (Å²) in [5.74, 6) is 1.64. The SMILES string of the molecule is C[C@@]12CCC[C@]3(C(O)OC1)[C@@H]2CC[C@@]12C[C@@H](CC[C@H]13)[C@](C)(O)C2. The first-order valence-electron chi connectivity index (χ1n) is 9.85. The Morgan fingerprint density at radius 2 is 1.83 bits per heavy atom. The molecule has 23 heavy (non-hydrogen) atoms. The minimum atomic E-state index is -0.579. The van der Waals surface area contributed by atoms with E-state index < -0.39 is 11.9 Å². The van der Waals surface area contributed by atoms with Crippen molar-refractivity contribution in [3.63, 3.8) is 0 Å². The van der Waals surface area contributed by atoms with Crippen LogP contribution in [0.3, 0.4) is 0 Å². The van der Waals surface area contributed by atoms with Crippen molar-refractivity contribution in [1.82, 2.24) is 0 Å². The molecule has 3 heteroatoms. The molecule has 1 aliphatic heterocycles. The van der Waals surface area contributed by atoms with E-state index in [1.165, 1.54) is 38.5 Å². The van der Waals surface area contributed by atoms with E-state index in [2.05, 4.69) is 13.8 Å². The number of hydrogen-bond acceptors (Lipinski definition) is 3.